The zero-order valence-corrected chi connectivity index (χ0v) is 15.9. The summed E-state index contributed by atoms with van der Waals surface area (Å²) in [6, 6.07) is 13.3. The average Bonchev–Trinajstić information content (AvgIpc) is 2.62. The number of amides is 1. The molecule has 1 amide bonds. The fourth-order valence-corrected chi connectivity index (χ4v) is 4.23. The van der Waals surface area contributed by atoms with Gasteiger partial charge >= 0.3 is 0 Å². The Kier molecular flexibility index (Phi) is 5.32. The smallest absolute Gasteiger partial charge is 0.261 e. The second-order valence-corrected chi connectivity index (χ2v) is 8.68. The largest absolute Gasteiger partial charge is 0.338 e. The number of sulfonamides is 1. The van der Waals surface area contributed by atoms with Gasteiger partial charge in [-0.3, -0.25) is 9.52 Å². The molecule has 1 aliphatic rings. The number of nitrogens with zero attached hydrogens (tertiary/aromatic N) is 1. The fraction of sp³-hybridized carbons (Fsp3) is 0.350. The van der Waals surface area contributed by atoms with E-state index in [0.29, 0.717) is 17.2 Å². The Bertz CT molecular complexity index is 874. The van der Waals surface area contributed by atoms with Crippen LogP contribution in [0.5, 0.6) is 0 Å². The number of rotatable bonds is 4. The van der Waals surface area contributed by atoms with Crippen molar-refractivity contribution in [2.75, 3.05) is 17.8 Å². The van der Waals surface area contributed by atoms with Crippen LogP contribution in [0.25, 0.3) is 0 Å². The molecule has 1 fully saturated rings. The van der Waals surface area contributed by atoms with Crippen LogP contribution in [-0.2, 0) is 10.0 Å². The number of likely N-dealkylation sites (tertiary alicyclic amines) is 1. The molecular formula is C20H24N2O3S. The van der Waals surface area contributed by atoms with Gasteiger partial charge in [-0.2, -0.15) is 0 Å². The van der Waals surface area contributed by atoms with Crippen molar-refractivity contribution in [1.29, 1.82) is 0 Å². The van der Waals surface area contributed by atoms with E-state index in [1.807, 2.05) is 11.8 Å². The lowest BCUT2D eigenvalue weighted by Gasteiger charge is -2.31. The second kappa shape index (κ2) is 7.50. The molecule has 0 saturated carbocycles. The van der Waals surface area contributed by atoms with Crippen molar-refractivity contribution in [3.05, 3.63) is 59.7 Å². The van der Waals surface area contributed by atoms with Gasteiger partial charge in [-0.05, 0) is 62.1 Å². The van der Waals surface area contributed by atoms with E-state index in [1.165, 1.54) is 0 Å². The third-order valence-electron chi connectivity index (χ3n) is 4.66. The normalized spacial score (nSPS) is 17.8. The molecular weight excluding hydrogens is 348 g/mol. The first kappa shape index (κ1) is 18.5. The zero-order chi connectivity index (χ0) is 18.7. The Morgan fingerprint density at radius 1 is 1.08 bits per heavy atom. The van der Waals surface area contributed by atoms with E-state index >= 15 is 0 Å². The number of aryl methyl sites for hydroxylation is 1. The lowest BCUT2D eigenvalue weighted by Crippen LogP contribution is -2.39. The maximum absolute atomic E-state index is 12.6. The highest BCUT2D eigenvalue weighted by Crippen LogP contribution is 2.20. The molecule has 0 radical (unpaired) electrons. The molecule has 0 unspecified atom stereocenters. The summed E-state index contributed by atoms with van der Waals surface area (Å²) >= 11 is 0. The molecule has 26 heavy (non-hydrogen) atoms. The molecule has 0 spiro atoms. The number of hydrogen-bond donors (Lipinski definition) is 1. The van der Waals surface area contributed by atoms with Crippen LogP contribution in [0, 0.1) is 12.8 Å². The summed E-state index contributed by atoms with van der Waals surface area (Å²) in [5.41, 5.74) is 2.02. The number of anilines is 1. The summed E-state index contributed by atoms with van der Waals surface area (Å²) in [5, 5.41) is 0. The molecule has 1 aliphatic heterocycles. The lowest BCUT2D eigenvalue weighted by atomic mass is 9.99. The minimum Gasteiger partial charge on any atom is -0.338 e. The second-order valence-electron chi connectivity index (χ2n) is 6.99. The maximum atomic E-state index is 12.6. The molecule has 0 aromatic heterocycles. The van der Waals surface area contributed by atoms with Gasteiger partial charge in [-0.15, -0.1) is 0 Å². The number of nitrogens with one attached hydrogen (secondary N) is 1. The quantitative estimate of drug-likeness (QED) is 0.890. The van der Waals surface area contributed by atoms with Crippen LogP contribution in [0.2, 0.25) is 0 Å². The van der Waals surface area contributed by atoms with Crippen molar-refractivity contribution in [3.63, 3.8) is 0 Å². The van der Waals surface area contributed by atoms with Crippen LogP contribution in [0.4, 0.5) is 5.69 Å². The van der Waals surface area contributed by atoms with Gasteiger partial charge in [0.05, 0.1) is 4.90 Å². The van der Waals surface area contributed by atoms with Crippen molar-refractivity contribution in [1.82, 2.24) is 4.90 Å². The first-order valence-corrected chi connectivity index (χ1v) is 10.3. The summed E-state index contributed by atoms with van der Waals surface area (Å²) in [7, 11) is -3.64. The summed E-state index contributed by atoms with van der Waals surface area (Å²) in [6.45, 7) is 5.62. The maximum Gasteiger partial charge on any atom is 0.261 e. The molecule has 1 N–H and O–H groups in total. The molecule has 1 saturated heterocycles. The summed E-state index contributed by atoms with van der Waals surface area (Å²) < 4.78 is 27.4. The molecule has 1 heterocycles. The summed E-state index contributed by atoms with van der Waals surface area (Å²) in [4.78, 5) is 14.7. The van der Waals surface area contributed by atoms with Crippen LogP contribution in [0.15, 0.2) is 53.4 Å². The Labute approximate surface area is 155 Å². The summed E-state index contributed by atoms with van der Waals surface area (Å²) in [5.74, 6) is 0.526. The summed E-state index contributed by atoms with van der Waals surface area (Å²) in [6.07, 6.45) is 2.19. The Morgan fingerprint density at radius 3 is 2.35 bits per heavy atom. The SMILES string of the molecule is Cc1ccc(S(=O)(=O)Nc2ccc(C(=O)N3CCC[C@@H](C)C3)cc2)cc1. The van der Waals surface area contributed by atoms with E-state index in [-0.39, 0.29) is 10.8 Å². The minimum atomic E-state index is -3.64. The van der Waals surface area contributed by atoms with Gasteiger partial charge in [0, 0.05) is 24.3 Å². The number of carbonyl (C=O) groups excluding carboxylic acids is 1. The molecule has 2 aromatic carbocycles. The number of benzene rings is 2. The molecule has 138 valence electrons. The van der Waals surface area contributed by atoms with Gasteiger partial charge in [-0.25, -0.2) is 8.42 Å². The zero-order valence-electron chi connectivity index (χ0n) is 15.1. The number of carbonyl (C=O) groups is 1. The predicted molar refractivity (Wildman–Crippen MR) is 103 cm³/mol. The fourth-order valence-electron chi connectivity index (χ4n) is 3.17. The topological polar surface area (TPSA) is 66.5 Å². The highest BCUT2D eigenvalue weighted by molar-refractivity contribution is 7.92. The van der Waals surface area contributed by atoms with E-state index in [4.69, 9.17) is 0 Å². The Hall–Kier alpha value is -2.34. The standard InChI is InChI=1S/C20H24N2O3S/c1-15-5-11-19(12-6-15)26(24,25)21-18-9-7-17(8-10-18)20(23)22-13-3-4-16(2)14-22/h5-12,16,21H,3-4,13-14H2,1-2H3/t16-/m1/s1. The van der Waals surface area contributed by atoms with E-state index in [1.54, 1.807) is 48.5 Å². The van der Waals surface area contributed by atoms with Crippen molar-refractivity contribution in [2.24, 2.45) is 5.92 Å². The van der Waals surface area contributed by atoms with E-state index < -0.39 is 10.0 Å². The third kappa shape index (κ3) is 4.25. The first-order chi connectivity index (χ1) is 12.3. The molecule has 2 aromatic rings. The average molecular weight is 372 g/mol. The number of hydrogen-bond acceptors (Lipinski definition) is 3. The molecule has 6 heteroatoms. The van der Waals surface area contributed by atoms with Gasteiger partial charge in [0.15, 0.2) is 0 Å². The van der Waals surface area contributed by atoms with Gasteiger partial charge in [-0.1, -0.05) is 24.6 Å². The van der Waals surface area contributed by atoms with Crippen LogP contribution in [-0.4, -0.2) is 32.3 Å². The predicted octanol–water partition coefficient (Wildman–Crippen LogP) is 3.67. The van der Waals surface area contributed by atoms with Gasteiger partial charge in [0.2, 0.25) is 0 Å². The Morgan fingerprint density at radius 2 is 1.73 bits per heavy atom. The van der Waals surface area contributed by atoms with Gasteiger partial charge < -0.3 is 4.90 Å². The van der Waals surface area contributed by atoms with Gasteiger partial charge in [0.25, 0.3) is 15.9 Å². The monoisotopic (exact) mass is 372 g/mol. The third-order valence-corrected chi connectivity index (χ3v) is 6.06. The van der Waals surface area contributed by atoms with Crippen molar-refractivity contribution in [2.45, 2.75) is 31.6 Å². The highest BCUT2D eigenvalue weighted by Gasteiger charge is 2.22. The van der Waals surface area contributed by atoms with Crippen molar-refractivity contribution in [3.8, 4) is 0 Å². The van der Waals surface area contributed by atoms with Crippen molar-refractivity contribution >= 4 is 21.6 Å². The molecule has 1 atom stereocenters. The van der Waals surface area contributed by atoms with Gasteiger partial charge in [0.1, 0.15) is 0 Å². The molecule has 3 rings (SSSR count). The number of piperidine rings is 1. The van der Waals surface area contributed by atoms with Crippen LogP contribution < -0.4 is 4.72 Å². The minimum absolute atomic E-state index is 0.00416. The van der Waals surface area contributed by atoms with Crippen molar-refractivity contribution < 1.29 is 13.2 Å². The molecule has 0 bridgehead atoms. The molecule has 5 nitrogen and oxygen atoms in total. The van der Waals surface area contributed by atoms with Crippen LogP contribution in [0.1, 0.15) is 35.7 Å². The van der Waals surface area contributed by atoms with E-state index in [9.17, 15) is 13.2 Å². The van der Waals surface area contributed by atoms with E-state index in [2.05, 4.69) is 11.6 Å². The first-order valence-electron chi connectivity index (χ1n) is 8.84. The Balaban J connectivity index is 1.71. The van der Waals surface area contributed by atoms with Crippen LogP contribution in [0.3, 0.4) is 0 Å². The van der Waals surface area contributed by atoms with Crippen LogP contribution >= 0.6 is 0 Å². The highest BCUT2D eigenvalue weighted by atomic mass is 32.2. The lowest BCUT2D eigenvalue weighted by molar-refractivity contribution is 0.0683. The van der Waals surface area contributed by atoms with E-state index in [0.717, 1.165) is 31.5 Å². The molecule has 0 aliphatic carbocycles.